The largest absolute Gasteiger partial charge is 0.477 e. The van der Waals surface area contributed by atoms with E-state index >= 15 is 0 Å². The Bertz CT molecular complexity index is 1050. The summed E-state index contributed by atoms with van der Waals surface area (Å²) in [7, 11) is 0. The second kappa shape index (κ2) is 7.75. The molecular weight excluding hydrogens is 375 g/mol. The third-order valence-electron chi connectivity index (χ3n) is 5.35. The van der Waals surface area contributed by atoms with Crippen LogP contribution in [0.1, 0.15) is 53.7 Å². The molecule has 1 fully saturated rings. The lowest BCUT2D eigenvalue weighted by atomic mass is 9.96. The Morgan fingerprint density at radius 2 is 2.28 bits per heavy atom. The van der Waals surface area contributed by atoms with Crippen molar-refractivity contribution in [2.75, 3.05) is 11.4 Å². The van der Waals surface area contributed by atoms with Crippen LogP contribution in [0.15, 0.2) is 30.7 Å². The zero-order valence-electron chi connectivity index (χ0n) is 16.1. The van der Waals surface area contributed by atoms with E-state index in [1.165, 1.54) is 16.8 Å². The molecule has 3 aromatic rings. The van der Waals surface area contributed by atoms with E-state index in [0.717, 1.165) is 43.4 Å². The van der Waals surface area contributed by atoms with Crippen molar-refractivity contribution in [2.45, 2.75) is 44.7 Å². The van der Waals surface area contributed by atoms with Crippen LogP contribution < -0.4 is 10.6 Å². The lowest BCUT2D eigenvalue weighted by molar-refractivity contribution is 0.0698. The minimum Gasteiger partial charge on any atom is -0.477 e. The summed E-state index contributed by atoms with van der Waals surface area (Å²) in [6.07, 6.45) is 7.88. The van der Waals surface area contributed by atoms with Gasteiger partial charge < -0.3 is 15.7 Å². The van der Waals surface area contributed by atoms with E-state index in [1.54, 1.807) is 12.4 Å². The quantitative estimate of drug-likeness (QED) is 0.614. The van der Waals surface area contributed by atoms with Crippen molar-refractivity contribution in [3.05, 3.63) is 53.4 Å². The van der Waals surface area contributed by atoms with Gasteiger partial charge in [-0.3, -0.25) is 0 Å². The number of carbonyl (C=O) groups is 1. The average Bonchev–Trinajstić information content (AvgIpc) is 3.33. The molecule has 1 unspecified atom stereocenters. The summed E-state index contributed by atoms with van der Waals surface area (Å²) in [5.74, 6) is -0.931. The maximum Gasteiger partial charge on any atom is 0.341 e. The lowest BCUT2D eigenvalue weighted by Crippen LogP contribution is -2.25. The maximum absolute atomic E-state index is 14.0. The second-order valence-corrected chi connectivity index (χ2v) is 7.49. The first-order valence-electron chi connectivity index (χ1n) is 9.68. The highest BCUT2D eigenvalue weighted by atomic mass is 19.1. The van der Waals surface area contributed by atoms with E-state index < -0.39 is 11.9 Å². The monoisotopic (exact) mass is 398 g/mol. The Balaban J connectivity index is 1.71. The number of nitrogens with zero attached hydrogens (tertiary/aromatic N) is 5. The van der Waals surface area contributed by atoms with Gasteiger partial charge in [0.15, 0.2) is 5.65 Å². The summed E-state index contributed by atoms with van der Waals surface area (Å²) in [6, 6.07) is 3.30. The number of hydrogen-bond acceptors (Lipinski definition) is 6. The van der Waals surface area contributed by atoms with Crippen LogP contribution in [-0.4, -0.2) is 43.2 Å². The molecule has 1 aliphatic rings. The number of nitrogens with two attached hydrogens (primary N) is 1. The fraction of sp³-hybridized carbons (Fsp3) is 0.400. The first kappa shape index (κ1) is 19.3. The molecule has 0 amide bonds. The van der Waals surface area contributed by atoms with E-state index in [0.29, 0.717) is 11.5 Å². The lowest BCUT2D eigenvalue weighted by Gasteiger charge is -2.28. The molecule has 1 aliphatic heterocycles. The Morgan fingerprint density at radius 1 is 1.45 bits per heavy atom. The van der Waals surface area contributed by atoms with Crippen molar-refractivity contribution in [1.29, 1.82) is 0 Å². The molecule has 0 aromatic carbocycles. The van der Waals surface area contributed by atoms with Gasteiger partial charge in [-0.15, -0.1) is 0 Å². The van der Waals surface area contributed by atoms with Crippen LogP contribution in [0.25, 0.3) is 5.65 Å². The summed E-state index contributed by atoms with van der Waals surface area (Å²) < 4.78 is 15.4. The third-order valence-corrected chi connectivity index (χ3v) is 5.35. The van der Waals surface area contributed by atoms with Crippen LogP contribution in [0.2, 0.25) is 0 Å². The number of fused-ring (bicyclic) bond motifs is 1. The van der Waals surface area contributed by atoms with Crippen molar-refractivity contribution < 1.29 is 14.3 Å². The first-order chi connectivity index (χ1) is 13.9. The van der Waals surface area contributed by atoms with Gasteiger partial charge in [-0.2, -0.15) is 9.49 Å². The number of anilines is 1. The predicted molar refractivity (Wildman–Crippen MR) is 105 cm³/mol. The molecule has 0 radical (unpaired) electrons. The Labute approximate surface area is 167 Å². The van der Waals surface area contributed by atoms with Gasteiger partial charge in [0.2, 0.25) is 5.95 Å². The third kappa shape index (κ3) is 3.77. The number of aryl methyl sites for hydroxylation is 1. The Kier molecular flexibility index (Phi) is 5.14. The van der Waals surface area contributed by atoms with Gasteiger partial charge in [-0.1, -0.05) is 0 Å². The number of pyridine rings is 1. The summed E-state index contributed by atoms with van der Waals surface area (Å²) in [5, 5.41) is 13.4. The number of halogens is 1. The van der Waals surface area contributed by atoms with Gasteiger partial charge in [0.1, 0.15) is 11.4 Å². The highest BCUT2D eigenvalue weighted by Crippen LogP contribution is 2.37. The zero-order chi connectivity index (χ0) is 20.5. The molecule has 29 heavy (non-hydrogen) atoms. The molecule has 4 heterocycles. The summed E-state index contributed by atoms with van der Waals surface area (Å²) in [6.45, 7) is 2.70. The van der Waals surface area contributed by atoms with E-state index in [1.807, 2.05) is 13.0 Å². The Morgan fingerprint density at radius 3 is 3.03 bits per heavy atom. The molecule has 2 atom stereocenters. The van der Waals surface area contributed by atoms with Crippen LogP contribution in [0.3, 0.4) is 0 Å². The molecule has 9 heteroatoms. The fourth-order valence-corrected chi connectivity index (χ4v) is 3.91. The SMILES string of the molecule is C[C@@H](N)CCc1cnc(F)cc1C1CCCN1c1ccn2ncc(C(=O)O)c2n1. The highest BCUT2D eigenvalue weighted by molar-refractivity contribution is 5.94. The van der Waals surface area contributed by atoms with Crippen LogP contribution in [0, 0.1) is 5.95 Å². The number of carboxylic acid groups (broad SMARTS) is 1. The molecule has 4 rings (SSSR count). The molecule has 3 aromatic heterocycles. The van der Waals surface area contributed by atoms with E-state index in [9.17, 15) is 14.3 Å². The molecule has 152 valence electrons. The second-order valence-electron chi connectivity index (χ2n) is 7.49. The molecule has 1 saturated heterocycles. The van der Waals surface area contributed by atoms with Crippen LogP contribution in [-0.2, 0) is 6.42 Å². The number of aromatic carboxylic acids is 1. The molecule has 0 bridgehead atoms. The summed E-state index contributed by atoms with van der Waals surface area (Å²) in [5.41, 5.74) is 8.12. The fourth-order valence-electron chi connectivity index (χ4n) is 3.91. The topological polar surface area (TPSA) is 110 Å². The standard InChI is InChI=1S/C20H23FN6O2/c1-12(22)4-5-13-10-23-17(21)9-14(13)16-3-2-7-26(16)18-6-8-27-19(25-18)15(11-24-27)20(28)29/h6,8-12,16H,2-5,7,22H2,1H3,(H,28,29)/t12-,16?/m1/s1. The first-order valence-corrected chi connectivity index (χ1v) is 9.68. The molecular formula is C20H23FN6O2. The number of aromatic nitrogens is 4. The van der Waals surface area contributed by atoms with Crippen molar-refractivity contribution >= 4 is 17.4 Å². The van der Waals surface area contributed by atoms with Gasteiger partial charge >= 0.3 is 5.97 Å². The van der Waals surface area contributed by atoms with Gasteiger partial charge in [0.05, 0.1) is 12.2 Å². The van der Waals surface area contributed by atoms with Crippen LogP contribution in [0.4, 0.5) is 10.2 Å². The number of hydrogen-bond donors (Lipinski definition) is 2. The highest BCUT2D eigenvalue weighted by Gasteiger charge is 2.30. The number of rotatable bonds is 6. The van der Waals surface area contributed by atoms with Crippen LogP contribution >= 0.6 is 0 Å². The summed E-state index contributed by atoms with van der Waals surface area (Å²) >= 11 is 0. The van der Waals surface area contributed by atoms with Gasteiger partial charge in [0.25, 0.3) is 0 Å². The van der Waals surface area contributed by atoms with Crippen LogP contribution in [0.5, 0.6) is 0 Å². The molecule has 8 nitrogen and oxygen atoms in total. The van der Waals surface area contributed by atoms with Crippen molar-refractivity contribution in [3.8, 4) is 0 Å². The molecule has 0 spiro atoms. The van der Waals surface area contributed by atoms with Crippen molar-refractivity contribution in [1.82, 2.24) is 19.6 Å². The van der Waals surface area contributed by atoms with Gasteiger partial charge in [0, 0.05) is 25.0 Å². The smallest absolute Gasteiger partial charge is 0.341 e. The molecule has 0 saturated carbocycles. The number of carboxylic acids is 1. The normalized spacial score (nSPS) is 17.8. The van der Waals surface area contributed by atoms with Gasteiger partial charge in [-0.05, 0) is 55.9 Å². The van der Waals surface area contributed by atoms with E-state index in [-0.39, 0.29) is 17.6 Å². The van der Waals surface area contributed by atoms with E-state index in [4.69, 9.17) is 5.73 Å². The Hall–Kier alpha value is -3.07. The zero-order valence-corrected chi connectivity index (χ0v) is 16.1. The van der Waals surface area contributed by atoms with Crippen molar-refractivity contribution in [2.24, 2.45) is 5.73 Å². The summed E-state index contributed by atoms with van der Waals surface area (Å²) in [4.78, 5) is 21.9. The minimum atomic E-state index is -1.07. The maximum atomic E-state index is 14.0. The molecule has 0 aliphatic carbocycles. The minimum absolute atomic E-state index is 0.0490. The molecule has 3 N–H and O–H groups in total. The predicted octanol–water partition coefficient (Wildman–Crippen LogP) is 2.58. The average molecular weight is 398 g/mol. The van der Waals surface area contributed by atoms with Crippen molar-refractivity contribution in [3.63, 3.8) is 0 Å². The van der Waals surface area contributed by atoms with Gasteiger partial charge in [-0.25, -0.2) is 19.3 Å². The van der Waals surface area contributed by atoms with E-state index in [2.05, 4.69) is 20.0 Å².